The minimum absolute atomic E-state index is 0.451. The molecule has 3 rings (SSSR count). The number of nitrogens with one attached hydrogen (secondary N) is 2. The van der Waals surface area contributed by atoms with Gasteiger partial charge >= 0.3 is 0 Å². The monoisotopic (exact) mass is 389 g/mol. The lowest BCUT2D eigenvalue weighted by Gasteiger charge is -2.15. The highest BCUT2D eigenvalue weighted by molar-refractivity contribution is 9.10. The Kier molecular flexibility index (Phi) is 4.45. The van der Waals surface area contributed by atoms with Crippen LogP contribution in [0.15, 0.2) is 16.9 Å². The van der Waals surface area contributed by atoms with E-state index in [-0.39, 0.29) is 0 Å². The largest absolute Gasteiger partial charge is 0.369 e. The Morgan fingerprint density at radius 2 is 2.21 bits per heavy atom. The Morgan fingerprint density at radius 3 is 2.83 bits per heavy atom. The summed E-state index contributed by atoms with van der Waals surface area (Å²) in [6.07, 6.45) is 5.84. The second-order valence-electron chi connectivity index (χ2n) is 6.36. The first-order chi connectivity index (χ1) is 11.4. The van der Waals surface area contributed by atoms with Crippen molar-refractivity contribution in [2.24, 2.45) is 0 Å². The molecular formula is C16H20BrN7. The van der Waals surface area contributed by atoms with Crippen molar-refractivity contribution in [3.63, 3.8) is 0 Å². The minimum atomic E-state index is -0.695. The molecule has 0 bridgehead atoms. The zero-order valence-electron chi connectivity index (χ0n) is 14.0. The fourth-order valence-corrected chi connectivity index (χ4v) is 2.65. The molecule has 7 nitrogen and oxygen atoms in total. The van der Waals surface area contributed by atoms with E-state index in [9.17, 15) is 5.26 Å². The molecule has 0 aromatic carbocycles. The SMILES string of the molecule is CCNc1nc(Nc2cn(C(C)(C)C#N)nc2C2CC2)ncc1Br. The van der Waals surface area contributed by atoms with Gasteiger partial charge in [-0.1, -0.05) is 0 Å². The molecule has 0 atom stereocenters. The summed E-state index contributed by atoms with van der Waals surface area (Å²) in [5.74, 6) is 1.70. The molecule has 126 valence electrons. The molecule has 1 saturated carbocycles. The third kappa shape index (κ3) is 3.36. The van der Waals surface area contributed by atoms with E-state index in [0.717, 1.165) is 41.1 Å². The van der Waals surface area contributed by atoms with Crippen molar-refractivity contribution in [3.8, 4) is 6.07 Å². The number of rotatable bonds is 6. The van der Waals surface area contributed by atoms with Gasteiger partial charge in [0, 0.05) is 18.7 Å². The molecule has 0 radical (unpaired) electrons. The lowest BCUT2D eigenvalue weighted by atomic mass is 10.1. The van der Waals surface area contributed by atoms with Gasteiger partial charge in [0.05, 0.1) is 28.1 Å². The maximum absolute atomic E-state index is 9.35. The fourth-order valence-electron chi connectivity index (χ4n) is 2.32. The summed E-state index contributed by atoms with van der Waals surface area (Å²) in [7, 11) is 0. The molecule has 0 unspecified atom stereocenters. The summed E-state index contributed by atoms with van der Waals surface area (Å²) < 4.78 is 2.53. The second kappa shape index (κ2) is 6.40. The van der Waals surface area contributed by atoms with Crippen molar-refractivity contribution in [2.45, 2.75) is 45.1 Å². The van der Waals surface area contributed by atoms with Crippen LogP contribution >= 0.6 is 15.9 Å². The molecule has 2 heterocycles. The molecule has 1 fully saturated rings. The molecule has 2 aromatic rings. The Hall–Kier alpha value is -2.14. The Labute approximate surface area is 149 Å². The van der Waals surface area contributed by atoms with Crippen molar-refractivity contribution < 1.29 is 0 Å². The van der Waals surface area contributed by atoms with Gasteiger partial charge in [0.1, 0.15) is 11.4 Å². The molecule has 1 aliphatic carbocycles. The molecule has 1 aliphatic rings. The number of hydrogen-bond donors (Lipinski definition) is 2. The van der Waals surface area contributed by atoms with Gasteiger partial charge in [0.15, 0.2) is 0 Å². The molecule has 0 spiro atoms. The van der Waals surface area contributed by atoms with Crippen LogP contribution in [0.2, 0.25) is 0 Å². The fraction of sp³-hybridized carbons (Fsp3) is 0.500. The van der Waals surface area contributed by atoms with Gasteiger partial charge in [-0.15, -0.1) is 0 Å². The predicted octanol–water partition coefficient (Wildman–Crippen LogP) is 3.75. The summed E-state index contributed by atoms with van der Waals surface area (Å²) in [6.45, 7) is 6.48. The highest BCUT2D eigenvalue weighted by Crippen LogP contribution is 2.43. The van der Waals surface area contributed by atoms with E-state index >= 15 is 0 Å². The number of hydrogen-bond acceptors (Lipinski definition) is 6. The van der Waals surface area contributed by atoms with Crippen molar-refractivity contribution >= 4 is 33.4 Å². The zero-order valence-corrected chi connectivity index (χ0v) is 15.6. The third-order valence-corrected chi connectivity index (χ3v) is 4.47. The van der Waals surface area contributed by atoms with Crippen LogP contribution in [0.3, 0.4) is 0 Å². The average molecular weight is 390 g/mol. The highest BCUT2D eigenvalue weighted by Gasteiger charge is 2.32. The summed E-state index contributed by atoms with van der Waals surface area (Å²) in [6, 6.07) is 2.28. The first-order valence-corrected chi connectivity index (χ1v) is 8.78. The topological polar surface area (TPSA) is 91.5 Å². The van der Waals surface area contributed by atoms with Crippen molar-refractivity contribution in [1.29, 1.82) is 5.26 Å². The lowest BCUT2D eigenvalue weighted by Crippen LogP contribution is -2.24. The summed E-state index contributed by atoms with van der Waals surface area (Å²) in [4.78, 5) is 8.81. The molecule has 0 saturated heterocycles. The predicted molar refractivity (Wildman–Crippen MR) is 96.3 cm³/mol. The summed E-state index contributed by atoms with van der Waals surface area (Å²) >= 11 is 3.44. The molecular weight excluding hydrogens is 370 g/mol. The normalized spacial score (nSPS) is 14.3. The smallest absolute Gasteiger partial charge is 0.229 e. The first kappa shape index (κ1) is 16.7. The Morgan fingerprint density at radius 1 is 1.46 bits per heavy atom. The molecule has 24 heavy (non-hydrogen) atoms. The van der Waals surface area contributed by atoms with Gasteiger partial charge in [-0.3, -0.25) is 4.68 Å². The maximum Gasteiger partial charge on any atom is 0.229 e. The van der Waals surface area contributed by atoms with Crippen molar-refractivity contribution in [1.82, 2.24) is 19.7 Å². The number of anilines is 3. The second-order valence-corrected chi connectivity index (χ2v) is 7.22. The van der Waals surface area contributed by atoms with E-state index < -0.39 is 5.54 Å². The van der Waals surface area contributed by atoms with E-state index in [0.29, 0.717) is 11.9 Å². The highest BCUT2D eigenvalue weighted by atomic mass is 79.9. The van der Waals surface area contributed by atoms with Crippen LogP contribution in [0.25, 0.3) is 0 Å². The van der Waals surface area contributed by atoms with Crippen LogP contribution in [-0.2, 0) is 5.54 Å². The third-order valence-electron chi connectivity index (χ3n) is 3.89. The van der Waals surface area contributed by atoms with Crippen LogP contribution < -0.4 is 10.6 Å². The van der Waals surface area contributed by atoms with Crippen LogP contribution in [-0.4, -0.2) is 26.3 Å². The molecule has 0 aliphatic heterocycles. The number of aromatic nitrogens is 4. The van der Waals surface area contributed by atoms with Gasteiger partial charge in [-0.05, 0) is 49.5 Å². The Balaban J connectivity index is 1.92. The first-order valence-electron chi connectivity index (χ1n) is 7.99. The van der Waals surface area contributed by atoms with Crippen LogP contribution in [0, 0.1) is 11.3 Å². The van der Waals surface area contributed by atoms with Crippen molar-refractivity contribution in [2.75, 3.05) is 17.2 Å². The van der Waals surface area contributed by atoms with E-state index in [2.05, 4.69) is 47.7 Å². The zero-order chi connectivity index (χ0) is 17.3. The summed E-state index contributed by atoms with van der Waals surface area (Å²) in [5.41, 5.74) is 1.15. The number of nitriles is 1. The standard InChI is InChI=1S/C16H20BrN7/c1-4-19-14-11(17)7-20-15(22-14)21-12-8-24(16(2,3)9-18)23-13(12)10-5-6-10/h7-8,10H,4-6H2,1-3H3,(H2,19,20,21,22). The maximum atomic E-state index is 9.35. The van der Waals surface area contributed by atoms with Crippen LogP contribution in [0.5, 0.6) is 0 Å². The molecule has 2 N–H and O–H groups in total. The van der Waals surface area contributed by atoms with Gasteiger partial charge in [0.2, 0.25) is 5.95 Å². The van der Waals surface area contributed by atoms with E-state index in [1.54, 1.807) is 10.9 Å². The molecule has 2 aromatic heterocycles. The average Bonchev–Trinajstić information content (AvgIpc) is 3.31. The molecule has 8 heteroatoms. The van der Waals surface area contributed by atoms with E-state index in [1.165, 1.54) is 0 Å². The minimum Gasteiger partial charge on any atom is -0.369 e. The van der Waals surface area contributed by atoms with E-state index in [4.69, 9.17) is 0 Å². The van der Waals surface area contributed by atoms with Gasteiger partial charge < -0.3 is 10.6 Å². The summed E-state index contributed by atoms with van der Waals surface area (Å²) in [5, 5.41) is 20.4. The van der Waals surface area contributed by atoms with Gasteiger partial charge in [-0.25, -0.2) is 4.98 Å². The number of nitrogens with zero attached hydrogens (tertiary/aromatic N) is 5. The Bertz CT molecular complexity index is 786. The van der Waals surface area contributed by atoms with Crippen molar-refractivity contribution in [3.05, 3.63) is 22.6 Å². The van der Waals surface area contributed by atoms with Gasteiger partial charge in [-0.2, -0.15) is 15.3 Å². The van der Waals surface area contributed by atoms with E-state index in [1.807, 2.05) is 27.0 Å². The van der Waals surface area contributed by atoms with Crippen LogP contribution in [0.4, 0.5) is 17.5 Å². The lowest BCUT2D eigenvalue weighted by molar-refractivity contribution is 0.415. The molecule has 0 amide bonds. The number of halogens is 1. The quantitative estimate of drug-likeness (QED) is 0.781. The van der Waals surface area contributed by atoms with Crippen LogP contribution in [0.1, 0.15) is 45.2 Å². The van der Waals surface area contributed by atoms with Gasteiger partial charge in [0.25, 0.3) is 0 Å².